The standard InChI is InChI=1S/C24H23FN6O3/c25-18-6-8-19(9-7-18)28-23-20(22(27)32)14-31(29-23)21-10-11-30(13-17(21)12-26)24(33)34-15-16-4-2-1-3-5-16/h1-9,14,17,21H,10-11,13,15H2,(H2,27,32)(H,28,29)/t17-,21-/m1/s1. The minimum absolute atomic E-state index is 0.144. The van der Waals surface area contributed by atoms with E-state index in [1.54, 1.807) is 0 Å². The average Bonchev–Trinajstić information content (AvgIpc) is 3.28. The fourth-order valence-electron chi connectivity index (χ4n) is 3.86. The summed E-state index contributed by atoms with van der Waals surface area (Å²) in [6, 6.07) is 16.8. The quantitative estimate of drug-likeness (QED) is 0.577. The molecular formula is C24H23FN6O3. The number of piperidine rings is 1. The van der Waals surface area contributed by atoms with E-state index in [4.69, 9.17) is 10.5 Å². The third-order valence-corrected chi connectivity index (χ3v) is 5.65. The zero-order chi connectivity index (χ0) is 24.1. The molecule has 2 aromatic carbocycles. The van der Waals surface area contributed by atoms with Crippen molar-refractivity contribution in [3.63, 3.8) is 0 Å². The summed E-state index contributed by atoms with van der Waals surface area (Å²) in [4.78, 5) is 26.0. The monoisotopic (exact) mass is 462 g/mol. The van der Waals surface area contributed by atoms with E-state index in [1.165, 1.54) is 40.0 Å². The fourth-order valence-corrected chi connectivity index (χ4v) is 3.86. The molecule has 1 aliphatic heterocycles. The summed E-state index contributed by atoms with van der Waals surface area (Å²) >= 11 is 0. The van der Waals surface area contributed by atoms with Gasteiger partial charge in [0.15, 0.2) is 5.82 Å². The van der Waals surface area contributed by atoms with Crippen LogP contribution in [0.5, 0.6) is 0 Å². The van der Waals surface area contributed by atoms with Crippen LogP contribution in [-0.2, 0) is 11.3 Å². The number of benzene rings is 2. The van der Waals surface area contributed by atoms with E-state index < -0.39 is 23.7 Å². The zero-order valence-corrected chi connectivity index (χ0v) is 18.2. The Kier molecular flexibility index (Phi) is 6.73. The molecular weight excluding hydrogens is 439 g/mol. The molecule has 2 heterocycles. The number of carbonyl (C=O) groups excluding carboxylic acids is 2. The van der Waals surface area contributed by atoms with Crippen molar-refractivity contribution in [1.82, 2.24) is 14.7 Å². The Balaban J connectivity index is 1.46. The molecule has 3 N–H and O–H groups in total. The molecule has 9 nitrogen and oxygen atoms in total. The lowest BCUT2D eigenvalue weighted by Gasteiger charge is -2.34. The third-order valence-electron chi connectivity index (χ3n) is 5.65. The number of hydrogen-bond donors (Lipinski definition) is 2. The summed E-state index contributed by atoms with van der Waals surface area (Å²) < 4.78 is 20.1. The fraction of sp³-hybridized carbons (Fsp3) is 0.250. The average molecular weight is 462 g/mol. The molecule has 0 unspecified atom stereocenters. The molecule has 10 heteroatoms. The van der Waals surface area contributed by atoms with Crippen LogP contribution >= 0.6 is 0 Å². The van der Waals surface area contributed by atoms with Gasteiger partial charge in [-0.15, -0.1) is 0 Å². The summed E-state index contributed by atoms with van der Waals surface area (Å²) in [6.45, 7) is 0.681. The first-order valence-corrected chi connectivity index (χ1v) is 10.7. The van der Waals surface area contributed by atoms with Gasteiger partial charge in [0.2, 0.25) is 0 Å². The summed E-state index contributed by atoms with van der Waals surface area (Å²) in [6.07, 6.45) is 1.45. The molecule has 4 rings (SSSR count). The molecule has 0 spiro atoms. The highest BCUT2D eigenvalue weighted by atomic mass is 19.1. The maximum Gasteiger partial charge on any atom is 0.410 e. The van der Waals surface area contributed by atoms with Crippen LogP contribution in [0.3, 0.4) is 0 Å². The molecule has 0 radical (unpaired) electrons. The van der Waals surface area contributed by atoms with Gasteiger partial charge in [-0.05, 0) is 36.2 Å². The highest BCUT2D eigenvalue weighted by molar-refractivity contribution is 5.98. The van der Waals surface area contributed by atoms with Crippen molar-refractivity contribution in [1.29, 1.82) is 5.26 Å². The summed E-state index contributed by atoms with van der Waals surface area (Å²) in [5.74, 6) is -1.44. The van der Waals surface area contributed by atoms with Gasteiger partial charge < -0.3 is 20.7 Å². The highest BCUT2D eigenvalue weighted by Crippen LogP contribution is 2.30. The van der Waals surface area contributed by atoms with Crippen molar-refractivity contribution in [2.75, 3.05) is 18.4 Å². The van der Waals surface area contributed by atoms with E-state index in [0.29, 0.717) is 18.7 Å². The van der Waals surface area contributed by atoms with Crippen LogP contribution in [0.25, 0.3) is 0 Å². The number of aromatic nitrogens is 2. The normalized spacial score (nSPS) is 17.6. The van der Waals surface area contributed by atoms with Crippen molar-refractivity contribution in [2.24, 2.45) is 11.7 Å². The number of rotatable bonds is 6. The number of halogens is 1. The van der Waals surface area contributed by atoms with Crippen LogP contribution in [0, 0.1) is 23.1 Å². The van der Waals surface area contributed by atoms with Crippen molar-refractivity contribution >= 4 is 23.5 Å². The summed E-state index contributed by atoms with van der Waals surface area (Å²) in [7, 11) is 0. The number of carbonyl (C=O) groups is 2. The molecule has 0 bridgehead atoms. The van der Waals surface area contributed by atoms with Crippen LogP contribution in [0.1, 0.15) is 28.4 Å². The first-order chi connectivity index (χ1) is 16.4. The Morgan fingerprint density at radius 2 is 1.94 bits per heavy atom. The van der Waals surface area contributed by atoms with Gasteiger partial charge in [0, 0.05) is 25.0 Å². The van der Waals surface area contributed by atoms with E-state index in [0.717, 1.165) is 5.56 Å². The van der Waals surface area contributed by atoms with Crippen LogP contribution in [0.2, 0.25) is 0 Å². The number of amides is 2. The maximum absolute atomic E-state index is 13.2. The second kappa shape index (κ2) is 10.0. The van der Waals surface area contributed by atoms with E-state index in [9.17, 15) is 19.2 Å². The van der Waals surface area contributed by atoms with Gasteiger partial charge in [-0.1, -0.05) is 30.3 Å². The molecule has 2 amide bonds. The Hall–Kier alpha value is -4.39. The highest BCUT2D eigenvalue weighted by Gasteiger charge is 2.34. The van der Waals surface area contributed by atoms with E-state index in [-0.39, 0.29) is 30.6 Å². The van der Waals surface area contributed by atoms with Gasteiger partial charge >= 0.3 is 6.09 Å². The van der Waals surface area contributed by atoms with Gasteiger partial charge in [0.05, 0.1) is 18.0 Å². The number of nitriles is 1. The number of nitrogens with two attached hydrogens (primary N) is 1. The molecule has 34 heavy (non-hydrogen) atoms. The molecule has 1 aliphatic rings. The molecule has 0 aliphatic carbocycles. The second-order valence-corrected chi connectivity index (χ2v) is 7.95. The summed E-state index contributed by atoms with van der Waals surface area (Å²) in [5.41, 5.74) is 7.07. The smallest absolute Gasteiger partial charge is 0.410 e. The predicted octanol–water partition coefficient (Wildman–Crippen LogP) is 3.59. The largest absolute Gasteiger partial charge is 0.445 e. The number of ether oxygens (including phenoxy) is 1. The molecule has 0 saturated carbocycles. The Morgan fingerprint density at radius 3 is 2.62 bits per heavy atom. The van der Waals surface area contributed by atoms with Crippen molar-refractivity contribution < 1.29 is 18.7 Å². The van der Waals surface area contributed by atoms with Crippen LogP contribution < -0.4 is 11.1 Å². The molecule has 174 valence electrons. The third kappa shape index (κ3) is 5.15. The summed E-state index contributed by atoms with van der Waals surface area (Å²) in [5, 5.41) is 17.2. The number of nitrogens with zero attached hydrogens (tertiary/aromatic N) is 4. The van der Waals surface area contributed by atoms with Gasteiger partial charge in [0.1, 0.15) is 18.0 Å². The zero-order valence-electron chi connectivity index (χ0n) is 18.2. The van der Waals surface area contributed by atoms with E-state index in [1.807, 2.05) is 30.3 Å². The Morgan fingerprint density at radius 1 is 1.21 bits per heavy atom. The van der Waals surface area contributed by atoms with E-state index >= 15 is 0 Å². The first kappa shape index (κ1) is 22.8. The van der Waals surface area contributed by atoms with Gasteiger partial charge in [-0.25, -0.2) is 9.18 Å². The number of nitrogens with one attached hydrogen (secondary N) is 1. The lowest BCUT2D eigenvalue weighted by Crippen LogP contribution is -2.44. The van der Waals surface area contributed by atoms with Gasteiger partial charge in [-0.2, -0.15) is 10.4 Å². The van der Waals surface area contributed by atoms with Crippen LogP contribution in [-0.4, -0.2) is 39.8 Å². The number of anilines is 2. The molecule has 1 aromatic heterocycles. The van der Waals surface area contributed by atoms with Crippen molar-refractivity contribution in [2.45, 2.75) is 19.1 Å². The Bertz CT molecular complexity index is 1210. The number of hydrogen-bond acceptors (Lipinski definition) is 6. The predicted molar refractivity (Wildman–Crippen MR) is 121 cm³/mol. The van der Waals surface area contributed by atoms with E-state index in [2.05, 4.69) is 16.5 Å². The molecule has 3 aromatic rings. The van der Waals surface area contributed by atoms with Crippen LogP contribution in [0.15, 0.2) is 60.8 Å². The maximum atomic E-state index is 13.2. The second-order valence-electron chi connectivity index (χ2n) is 7.95. The number of likely N-dealkylation sites (tertiary alicyclic amines) is 1. The van der Waals surface area contributed by atoms with Gasteiger partial charge in [0.25, 0.3) is 5.91 Å². The van der Waals surface area contributed by atoms with Crippen LogP contribution in [0.4, 0.5) is 20.7 Å². The SMILES string of the molecule is N#C[C@@H]1CN(C(=O)OCc2ccccc2)CC[C@H]1n1cc(C(N)=O)c(Nc2ccc(F)cc2)n1. The number of primary amides is 1. The van der Waals surface area contributed by atoms with Crippen molar-refractivity contribution in [3.05, 3.63) is 77.7 Å². The molecule has 1 fully saturated rings. The minimum Gasteiger partial charge on any atom is -0.445 e. The van der Waals surface area contributed by atoms with Gasteiger partial charge in [-0.3, -0.25) is 9.48 Å². The minimum atomic E-state index is -0.689. The molecule has 2 atom stereocenters. The lowest BCUT2D eigenvalue weighted by molar-refractivity contribution is 0.0731. The topological polar surface area (TPSA) is 126 Å². The first-order valence-electron chi connectivity index (χ1n) is 10.7. The van der Waals surface area contributed by atoms with Crippen molar-refractivity contribution in [3.8, 4) is 6.07 Å². The lowest BCUT2D eigenvalue weighted by atomic mass is 9.94. The molecule has 1 saturated heterocycles. The Labute approximate surface area is 195 Å².